The van der Waals surface area contributed by atoms with Gasteiger partial charge in [-0.25, -0.2) is 0 Å². The summed E-state index contributed by atoms with van der Waals surface area (Å²) in [6, 6.07) is 6.32. The number of hydrogen-bond donors (Lipinski definition) is 1. The molecule has 20 heavy (non-hydrogen) atoms. The molecular weight excluding hydrogens is 262 g/mol. The van der Waals surface area contributed by atoms with E-state index >= 15 is 0 Å². The van der Waals surface area contributed by atoms with Crippen molar-refractivity contribution in [2.75, 3.05) is 19.6 Å². The van der Waals surface area contributed by atoms with Crippen molar-refractivity contribution in [3.63, 3.8) is 0 Å². The molecule has 0 spiro atoms. The predicted octanol–water partition coefficient (Wildman–Crippen LogP) is 0.923. The second kappa shape index (κ2) is 6.33. The lowest BCUT2D eigenvalue weighted by atomic mass is 10.1. The smallest absolute Gasteiger partial charge is 0.310 e. The van der Waals surface area contributed by atoms with E-state index in [0.29, 0.717) is 25.9 Å². The van der Waals surface area contributed by atoms with Crippen LogP contribution in [0.2, 0.25) is 0 Å². The van der Waals surface area contributed by atoms with Gasteiger partial charge >= 0.3 is 5.69 Å². The molecule has 108 valence electrons. The number of carbonyl (C=O) groups is 1. The van der Waals surface area contributed by atoms with Crippen LogP contribution >= 0.6 is 0 Å². The van der Waals surface area contributed by atoms with Gasteiger partial charge in [0.2, 0.25) is 5.91 Å². The van der Waals surface area contributed by atoms with Gasteiger partial charge in [-0.3, -0.25) is 14.9 Å². The lowest BCUT2D eigenvalue weighted by molar-refractivity contribution is -0.386. The third-order valence-corrected chi connectivity index (χ3v) is 3.32. The van der Waals surface area contributed by atoms with E-state index in [1.165, 1.54) is 6.07 Å². The van der Waals surface area contributed by atoms with Gasteiger partial charge in [-0.15, -0.1) is 0 Å². The molecule has 2 rings (SSSR count). The fourth-order valence-electron chi connectivity index (χ4n) is 2.24. The largest absolute Gasteiger partial charge is 0.483 e. The average molecular weight is 279 g/mol. The fourth-order valence-corrected chi connectivity index (χ4v) is 2.24. The minimum Gasteiger partial charge on any atom is -0.483 e. The first-order chi connectivity index (χ1) is 9.61. The lowest BCUT2D eigenvalue weighted by Gasteiger charge is -2.31. The van der Waals surface area contributed by atoms with E-state index in [0.717, 1.165) is 0 Å². The molecule has 1 aromatic rings. The first-order valence-electron chi connectivity index (χ1n) is 6.49. The van der Waals surface area contributed by atoms with E-state index in [9.17, 15) is 14.9 Å². The topological polar surface area (TPSA) is 98.7 Å². The van der Waals surface area contributed by atoms with Gasteiger partial charge in [0.05, 0.1) is 11.5 Å². The SMILES string of the molecule is NCC(=O)N1CCC(Oc2ccccc2[N+](=O)[O-])CC1. The van der Waals surface area contributed by atoms with Crippen molar-refractivity contribution in [3.05, 3.63) is 34.4 Å². The third kappa shape index (κ3) is 3.24. The van der Waals surface area contributed by atoms with Gasteiger partial charge in [-0.2, -0.15) is 0 Å². The molecule has 0 aromatic heterocycles. The van der Waals surface area contributed by atoms with Crippen LogP contribution in [0, 0.1) is 10.1 Å². The number of nitrogens with zero attached hydrogens (tertiary/aromatic N) is 2. The lowest BCUT2D eigenvalue weighted by Crippen LogP contribution is -2.44. The van der Waals surface area contributed by atoms with E-state index < -0.39 is 4.92 Å². The summed E-state index contributed by atoms with van der Waals surface area (Å²) in [6.45, 7) is 1.15. The van der Waals surface area contributed by atoms with Gasteiger partial charge in [-0.1, -0.05) is 12.1 Å². The predicted molar refractivity (Wildman–Crippen MR) is 72.4 cm³/mol. The molecule has 1 aliphatic heterocycles. The first kappa shape index (κ1) is 14.3. The van der Waals surface area contributed by atoms with Crippen LogP contribution in [0.5, 0.6) is 5.75 Å². The highest BCUT2D eigenvalue weighted by molar-refractivity contribution is 5.78. The number of nitro benzene ring substituents is 1. The van der Waals surface area contributed by atoms with Crippen LogP contribution < -0.4 is 10.5 Å². The fraction of sp³-hybridized carbons (Fsp3) is 0.462. The second-order valence-electron chi connectivity index (χ2n) is 4.63. The van der Waals surface area contributed by atoms with Crippen LogP contribution in [0.4, 0.5) is 5.69 Å². The number of nitrogens with two attached hydrogens (primary N) is 1. The highest BCUT2D eigenvalue weighted by Crippen LogP contribution is 2.28. The molecule has 1 aliphatic rings. The number of piperidine rings is 1. The highest BCUT2D eigenvalue weighted by atomic mass is 16.6. The number of benzene rings is 1. The average Bonchev–Trinajstić information content (AvgIpc) is 2.47. The van der Waals surface area contributed by atoms with Crippen molar-refractivity contribution >= 4 is 11.6 Å². The minimum atomic E-state index is -0.456. The van der Waals surface area contributed by atoms with Crippen LogP contribution in [0.15, 0.2) is 24.3 Å². The Hall–Kier alpha value is -2.15. The molecule has 1 heterocycles. The van der Waals surface area contributed by atoms with E-state index in [-0.39, 0.29) is 30.0 Å². The number of nitro groups is 1. The van der Waals surface area contributed by atoms with Crippen molar-refractivity contribution in [2.45, 2.75) is 18.9 Å². The molecule has 2 N–H and O–H groups in total. The Morgan fingerprint density at radius 3 is 2.65 bits per heavy atom. The number of likely N-dealkylation sites (tertiary alicyclic amines) is 1. The normalized spacial score (nSPS) is 15.9. The van der Waals surface area contributed by atoms with Gasteiger partial charge in [0.25, 0.3) is 0 Å². The summed E-state index contributed by atoms with van der Waals surface area (Å²) in [7, 11) is 0. The Morgan fingerprint density at radius 2 is 2.05 bits per heavy atom. The second-order valence-corrected chi connectivity index (χ2v) is 4.63. The van der Waals surface area contributed by atoms with E-state index in [4.69, 9.17) is 10.5 Å². The number of hydrogen-bond acceptors (Lipinski definition) is 5. The van der Waals surface area contributed by atoms with Crippen LogP contribution in [-0.2, 0) is 4.79 Å². The maximum absolute atomic E-state index is 11.4. The molecule has 0 saturated carbocycles. The molecule has 0 aliphatic carbocycles. The molecule has 1 fully saturated rings. The molecule has 0 radical (unpaired) electrons. The maximum atomic E-state index is 11.4. The Labute approximate surface area is 116 Å². The van der Waals surface area contributed by atoms with Gasteiger partial charge in [0.15, 0.2) is 5.75 Å². The first-order valence-corrected chi connectivity index (χ1v) is 6.49. The van der Waals surface area contributed by atoms with Crippen LogP contribution in [0.1, 0.15) is 12.8 Å². The van der Waals surface area contributed by atoms with Crippen LogP contribution in [-0.4, -0.2) is 41.5 Å². The summed E-state index contributed by atoms with van der Waals surface area (Å²) in [6.07, 6.45) is 1.19. The molecule has 1 amide bonds. The van der Waals surface area contributed by atoms with Crippen molar-refractivity contribution in [1.82, 2.24) is 4.90 Å². The summed E-state index contributed by atoms with van der Waals surface area (Å²) < 4.78 is 5.70. The Balaban J connectivity index is 1.96. The molecule has 0 atom stereocenters. The summed E-state index contributed by atoms with van der Waals surface area (Å²) >= 11 is 0. The van der Waals surface area contributed by atoms with E-state index in [2.05, 4.69) is 0 Å². The molecule has 0 bridgehead atoms. The Morgan fingerprint density at radius 1 is 1.40 bits per heavy atom. The third-order valence-electron chi connectivity index (χ3n) is 3.32. The highest BCUT2D eigenvalue weighted by Gasteiger charge is 2.25. The van der Waals surface area contributed by atoms with Crippen LogP contribution in [0.3, 0.4) is 0 Å². The minimum absolute atomic E-state index is 0.00960. The van der Waals surface area contributed by atoms with Crippen molar-refractivity contribution < 1.29 is 14.5 Å². The zero-order valence-corrected chi connectivity index (χ0v) is 11.0. The Bertz CT molecular complexity index is 498. The number of rotatable bonds is 4. The van der Waals surface area contributed by atoms with Crippen LogP contribution in [0.25, 0.3) is 0 Å². The summed E-state index contributed by atoms with van der Waals surface area (Å²) in [5.41, 5.74) is 5.28. The molecule has 0 unspecified atom stereocenters. The molecule has 1 aromatic carbocycles. The molecule has 1 saturated heterocycles. The van der Waals surface area contributed by atoms with Gasteiger partial charge in [0, 0.05) is 32.0 Å². The maximum Gasteiger partial charge on any atom is 0.310 e. The summed E-state index contributed by atoms with van der Waals surface area (Å²) in [5.74, 6) is 0.204. The van der Waals surface area contributed by atoms with E-state index in [1.54, 1.807) is 23.1 Å². The van der Waals surface area contributed by atoms with Gasteiger partial charge in [0.1, 0.15) is 6.10 Å². The molecular formula is C13H17N3O4. The summed E-state index contributed by atoms with van der Waals surface area (Å²) in [5, 5.41) is 10.9. The monoisotopic (exact) mass is 279 g/mol. The molecule has 7 nitrogen and oxygen atoms in total. The van der Waals surface area contributed by atoms with E-state index in [1.807, 2.05) is 0 Å². The number of para-hydroxylation sites is 2. The number of ether oxygens (including phenoxy) is 1. The zero-order valence-electron chi connectivity index (χ0n) is 11.0. The zero-order chi connectivity index (χ0) is 14.5. The van der Waals surface area contributed by atoms with Crippen molar-refractivity contribution in [1.29, 1.82) is 0 Å². The standard InChI is InChI=1S/C13H17N3O4/c14-9-13(17)15-7-5-10(6-8-15)20-12-4-2-1-3-11(12)16(18)19/h1-4,10H,5-9,14H2. The Kier molecular flexibility index (Phi) is 4.52. The molecule has 7 heteroatoms. The van der Waals surface area contributed by atoms with Crippen molar-refractivity contribution in [2.24, 2.45) is 5.73 Å². The van der Waals surface area contributed by atoms with Crippen molar-refractivity contribution in [3.8, 4) is 5.75 Å². The number of amides is 1. The quantitative estimate of drug-likeness (QED) is 0.652. The van der Waals surface area contributed by atoms with Gasteiger partial charge < -0.3 is 15.4 Å². The summed E-state index contributed by atoms with van der Waals surface area (Å²) in [4.78, 5) is 23.6. The number of carbonyl (C=O) groups excluding carboxylic acids is 1. The van der Waals surface area contributed by atoms with Gasteiger partial charge in [-0.05, 0) is 6.07 Å².